The third-order valence-electron chi connectivity index (χ3n) is 4.37. The standard InChI is InChI=1S/C19H24N4OS/c1-3-22(4-2)13-16-8-6-5-7-15(16)12-20-18(24)11-17-14-23-9-10-25-19(23)21-17/h5-10,14H,3-4,11-13H2,1-2H3,(H,20,24). The maximum absolute atomic E-state index is 12.3. The number of aromatic nitrogens is 2. The lowest BCUT2D eigenvalue weighted by molar-refractivity contribution is -0.120. The van der Waals surface area contributed by atoms with E-state index in [2.05, 4.69) is 47.2 Å². The van der Waals surface area contributed by atoms with Crippen LogP contribution < -0.4 is 5.32 Å². The second kappa shape index (κ2) is 8.27. The number of amides is 1. The van der Waals surface area contributed by atoms with Crippen molar-refractivity contribution in [1.29, 1.82) is 0 Å². The van der Waals surface area contributed by atoms with Crippen LogP contribution >= 0.6 is 11.3 Å². The fourth-order valence-electron chi connectivity index (χ4n) is 2.85. The van der Waals surface area contributed by atoms with Crippen molar-refractivity contribution in [2.45, 2.75) is 33.4 Å². The van der Waals surface area contributed by atoms with Crippen LogP contribution in [0.1, 0.15) is 30.7 Å². The Labute approximate surface area is 152 Å². The Hall–Kier alpha value is -2.18. The van der Waals surface area contributed by atoms with Crippen molar-refractivity contribution in [3.8, 4) is 0 Å². The Bertz CT molecular complexity index is 806. The largest absolute Gasteiger partial charge is 0.352 e. The Morgan fingerprint density at radius 1 is 1.24 bits per heavy atom. The molecule has 0 radical (unpaired) electrons. The molecular weight excluding hydrogens is 332 g/mol. The third kappa shape index (κ3) is 4.46. The summed E-state index contributed by atoms with van der Waals surface area (Å²) in [6.07, 6.45) is 4.18. The van der Waals surface area contributed by atoms with E-state index < -0.39 is 0 Å². The molecule has 5 nitrogen and oxygen atoms in total. The molecule has 3 aromatic rings. The van der Waals surface area contributed by atoms with Gasteiger partial charge in [0.15, 0.2) is 4.96 Å². The summed E-state index contributed by atoms with van der Waals surface area (Å²) in [4.78, 5) is 20.0. The summed E-state index contributed by atoms with van der Waals surface area (Å²) in [7, 11) is 0. The van der Waals surface area contributed by atoms with Crippen LogP contribution in [0.25, 0.3) is 4.96 Å². The summed E-state index contributed by atoms with van der Waals surface area (Å²) >= 11 is 1.57. The predicted molar refractivity (Wildman–Crippen MR) is 102 cm³/mol. The van der Waals surface area contributed by atoms with Gasteiger partial charge in [0, 0.05) is 30.9 Å². The maximum Gasteiger partial charge on any atom is 0.226 e. The molecule has 0 aliphatic rings. The molecule has 132 valence electrons. The topological polar surface area (TPSA) is 49.6 Å². The smallest absolute Gasteiger partial charge is 0.226 e. The highest BCUT2D eigenvalue weighted by Crippen LogP contribution is 2.13. The van der Waals surface area contributed by atoms with E-state index in [0.29, 0.717) is 13.0 Å². The fourth-order valence-corrected chi connectivity index (χ4v) is 3.57. The van der Waals surface area contributed by atoms with Gasteiger partial charge in [0.2, 0.25) is 5.91 Å². The van der Waals surface area contributed by atoms with E-state index in [4.69, 9.17) is 0 Å². The number of carbonyl (C=O) groups excluding carboxylic acids is 1. The highest BCUT2D eigenvalue weighted by Gasteiger charge is 2.10. The Morgan fingerprint density at radius 2 is 2.00 bits per heavy atom. The van der Waals surface area contributed by atoms with E-state index in [1.165, 1.54) is 11.1 Å². The van der Waals surface area contributed by atoms with Crippen LogP contribution in [0.3, 0.4) is 0 Å². The summed E-state index contributed by atoms with van der Waals surface area (Å²) in [6, 6.07) is 8.31. The van der Waals surface area contributed by atoms with Gasteiger partial charge in [0.05, 0.1) is 12.1 Å². The fraction of sp³-hybridized carbons (Fsp3) is 0.368. The van der Waals surface area contributed by atoms with Crippen molar-refractivity contribution >= 4 is 22.2 Å². The molecule has 1 N–H and O–H groups in total. The molecule has 3 rings (SSSR count). The van der Waals surface area contributed by atoms with Gasteiger partial charge >= 0.3 is 0 Å². The van der Waals surface area contributed by atoms with E-state index in [1.54, 1.807) is 11.3 Å². The van der Waals surface area contributed by atoms with Gasteiger partial charge < -0.3 is 5.32 Å². The first-order valence-electron chi connectivity index (χ1n) is 8.66. The molecule has 0 spiro atoms. The second-order valence-electron chi connectivity index (χ2n) is 6.01. The Kier molecular flexibility index (Phi) is 5.83. The van der Waals surface area contributed by atoms with E-state index >= 15 is 0 Å². The lowest BCUT2D eigenvalue weighted by Gasteiger charge is -2.20. The van der Waals surface area contributed by atoms with Gasteiger partial charge in [-0.1, -0.05) is 38.1 Å². The average molecular weight is 356 g/mol. The van der Waals surface area contributed by atoms with Gasteiger partial charge in [0.25, 0.3) is 0 Å². The maximum atomic E-state index is 12.3. The molecule has 0 atom stereocenters. The number of thiazole rings is 1. The third-order valence-corrected chi connectivity index (χ3v) is 5.14. The quantitative estimate of drug-likeness (QED) is 0.675. The highest BCUT2D eigenvalue weighted by molar-refractivity contribution is 7.15. The average Bonchev–Trinajstić information content (AvgIpc) is 3.20. The molecule has 0 aliphatic heterocycles. The van der Waals surface area contributed by atoms with E-state index in [-0.39, 0.29) is 5.91 Å². The highest BCUT2D eigenvalue weighted by atomic mass is 32.1. The number of hydrogen-bond donors (Lipinski definition) is 1. The van der Waals surface area contributed by atoms with Crippen molar-refractivity contribution in [2.75, 3.05) is 13.1 Å². The molecule has 0 bridgehead atoms. The lowest BCUT2D eigenvalue weighted by Crippen LogP contribution is -2.27. The zero-order chi connectivity index (χ0) is 17.6. The number of hydrogen-bond acceptors (Lipinski definition) is 4. The lowest BCUT2D eigenvalue weighted by atomic mass is 10.1. The van der Waals surface area contributed by atoms with Gasteiger partial charge in [0.1, 0.15) is 0 Å². The molecule has 6 heteroatoms. The second-order valence-corrected chi connectivity index (χ2v) is 6.88. The molecule has 2 aromatic heterocycles. The molecule has 1 amide bonds. The number of nitrogens with zero attached hydrogens (tertiary/aromatic N) is 3. The number of fused-ring (bicyclic) bond motifs is 1. The summed E-state index contributed by atoms with van der Waals surface area (Å²) in [6.45, 7) is 7.85. The van der Waals surface area contributed by atoms with Crippen molar-refractivity contribution in [3.05, 3.63) is 58.9 Å². The SMILES string of the molecule is CCN(CC)Cc1ccccc1CNC(=O)Cc1cn2ccsc2n1. The first-order chi connectivity index (χ1) is 12.2. The van der Waals surface area contributed by atoms with Gasteiger partial charge in [-0.15, -0.1) is 11.3 Å². The first kappa shape index (κ1) is 17.6. The van der Waals surface area contributed by atoms with Crippen LogP contribution in [0.2, 0.25) is 0 Å². The number of carbonyl (C=O) groups is 1. The van der Waals surface area contributed by atoms with Gasteiger partial charge in [-0.05, 0) is 24.2 Å². The van der Waals surface area contributed by atoms with Crippen LogP contribution in [-0.2, 0) is 24.3 Å². The summed E-state index contributed by atoms with van der Waals surface area (Å²) in [5, 5.41) is 5.02. The minimum absolute atomic E-state index is 0.00314. The van der Waals surface area contributed by atoms with Gasteiger partial charge in [-0.25, -0.2) is 4.98 Å². The Morgan fingerprint density at radius 3 is 2.72 bits per heavy atom. The minimum Gasteiger partial charge on any atom is -0.352 e. The molecular formula is C19H24N4OS. The van der Waals surface area contributed by atoms with E-state index in [9.17, 15) is 4.79 Å². The van der Waals surface area contributed by atoms with Crippen molar-refractivity contribution in [1.82, 2.24) is 19.6 Å². The van der Waals surface area contributed by atoms with Gasteiger partial charge in [-0.2, -0.15) is 0 Å². The first-order valence-corrected chi connectivity index (χ1v) is 9.54. The molecule has 25 heavy (non-hydrogen) atoms. The van der Waals surface area contributed by atoms with Crippen molar-refractivity contribution in [3.63, 3.8) is 0 Å². The van der Waals surface area contributed by atoms with Crippen molar-refractivity contribution in [2.24, 2.45) is 0 Å². The zero-order valence-electron chi connectivity index (χ0n) is 14.7. The Balaban J connectivity index is 1.59. The number of benzene rings is 1. The minimum atomic E-state index is 0.00314. The molecule has 0 unspecified atom stereocenters. The molecule has 0 fully saturated rings. The molecule has 0 aliphatic carbocycles. The molecule has 0 saturated carbocycles. The van der Waals surface area contributed by atoms with E-state index in [1.807, 2.05) is 28.2 Å². The van der Waals surface area contributed by atoms with E-state index in [0.717, 1.165) is 30.3 Å². The summed E-state index contributed by atoms with van der Waals surface area (Å²) in [5.41, 5.74) is 3.25. The van der Waals surface area contributed by atoms with Crippen molar-refractivity contribution < 1.29 is 4.79 Å². The summed E-state index contributed by atoms with van der Waals surface area (Å²) < 4.78 is 1.95. The monoisotopic (exact) mass is 356 g/mol. The van der Waals surface area contributed by atoms with Crippen LogP contribution in [0.5, 0.6) is 0 Å². The number of nitrogens with one attached hydrogen (secondary N) is 1. The number of imidazole rings is 1. The van der Waals surface area contributed by atoms with Gasteiger partial charge in [-0.3, -0.25) is 14.1 Å². The predicted octanol–water partition coefficient (Wildman–Crippen LogP) is 3.10. The number of rotatable bonds is 8. The molecule has 2 heterocycles. The van der Waals surface area contributed by atoms with Crippen LogP contribution in [0.15, 0.2) is 42.0 Å². The van der Waals surface area contributed by atoms with Crippen LogP contribution in [0, 0.1) is 0 Å². The normalized spacial score (nSPS) is 11.3. The summed E-state index contributed by atoms with van der Waals surface area (Å²) in [5.74, 6) is 0.00314. The van der Waals surface area contributed by atoms with Crippen LogP contribution in [-0.4, -0.2) is 33.3 Å². The molecule has 0 saturated heterocycles. The molecule has 1 aromatic carbocycles. The van der Waals surface area contributed by atoms with Crippen LogP contribution in [0.4, 0.5) is 0 Å². The zero-order valence-corrected chi connectivity index (χ0v) is 15.6.